The van der Waals surface area contributed by atoms with E-state index in [0.29, 0.717) is 0 Å². The van der Waals surface area contributed by atoms with E-state index in [2.05, 4.69) is 10.4 Å². The van der Waals surface area contributed by atoms with Gasteiger partial charge < -0.3 is 5.32 Å². The highest BCUT2D eigenvalue weighted by atomic mass is 16.2. The number of benzene rings is 1. The lowest BCUT2D eigenvalue weighted by Gasteiger charge is -2.15. The van der Waals surface area contributed by atoms with Gasteiger partial charge in [-0.25, -0.2) is 9.48 Å². The molecule has 2 heterocycles. The second-order valence-corrected chi connectivity index (χ2v) is 5.87. The van der Waals surface area contributed by atoms with Crippen LogP contribution in [0.25, 0.3) is 5.69 Å². The monoisotopic (exact) mass is 312 g/mol. The maximum absolute atomic E-state index is 12.4. The first-order chi connectivity index (χ1) is 11.1. The van der Waals surface area contributed by atoms with E-state index in [4.69, 9.17) is 0 Å². The molecule has 1 aromatic heterocycles. The van der Waals surface area contributed by atoms with Crippen LogP contribution in [0.4, 0.5) is 4.79 Å². The van der Waals surface area contributed by atoms with Gasteiger partial charge in [-0.1, -0.05) is 38.5 Å². The molecule has 3 amide bonds. The molecule has 2 atom stereocenters. The second kappa shape index (κ2) is 6.24. The SMILES string of the molecule is CC[C@H](C)[C@@H]1NC(=O)N(Cc2cnn(-c3ccccc3)c2)C1=O. The van der Waals surface area contributed by atoms with Crippen molar-refractivity contribution in [1.82, 2.24) is 20.0 Å². The molecule has 0 aliphatic carbocycles. The summed E-state index contributed by atoms with van der Waals surface area (Å²) in [5.74, 6) is -0.0275. The van der Waals surface area contributed by atoms with E-state index in [1.807, 2.05) is 50.4 Å². The lowest BCUT2D eigenvalue weighted by molar-refractivity contribution is -0.128. The van der Waals surface area contributed by atoms with Crippen LogP contribution in [-0.4, -0.2) is 32.7 Å². The third kappa shape index (κ3) is 2.97. The number of para-hydroxylation sites is 1. The molecule has 0 spiro atoms. The topological polar surface area (TPSA) is 67.2 Å². The molecule has 1 aromatic carbocycles. The van der Waals surface area contributed by atoms with Gasteiger partial charge in [0.05, 0.1) is 18.4 Å². The normalized spacial score (nSPS) is 19.0. The van der Waals surface area contributed by atoms with Gasteiger partial charge >= 0.3 is 6.03 Å². The lowest BCUT2D eigenvalue weighted by Crippen LogP contribution is -2.35. The van der Waals surface area contributed by atoms with Crippen LogP contribution in [0.5, 0.6) is 0 Å². The number of urea groups is 1. The molecule has 1 fully saturated rings. The van der Waals surface area contributed by atoms with Crippen molar-refractivity contribution in [1.29, 1.82) is 0 Å². The van der Waals surface area contributed by atoms with Crippen LogP contribution < -0.4 is 5.32 Å². The van der Waals surface area contributed by atoms with E-state index in [-0.39, 0.29) is 24.4 Å². The molecule has 0 radical (unpaired) electrons. The van der Waals surface area contributed by atoms with E-state index < -0.39 is 6.04 Å². The van der Waals surface area contributed by atoms with Gasteiger partial charge in [-0.2, -0.15) is 5.10 Å². The van der Waals surface area contributed by atoms with Crippen LogP contribution in [-0.2, 0) is 11.3 Å². The fourth-order valence-electron chi connectivity index (χ4n) is 2.66. The fraction of sp³-hybridized carbons (Fsp3) is 0.353. The molecule has 120 valence electrons. The van der Waals surface area contributed by atoms with E-state index in [9.17, 15) is 9.59 Å². The number of aromatic nitrogens is 2. The number of amides is 3. The summed E-state index contributed by atoms with van der Waals surface area (Å²) in [5, 5.41) is 7.07. The average molecular weight is 312 g/mol. The van der Waals surface area contributed by atoms with Crippen molar-refractivity contribution < 1.29 is 9.59 Å². The number of nitrogens with zero attached hydrogens (tertiary/aromatic N) is 3. The van der Waals surface area contributed by atoms with Crippen molar-refractivity contribution in [3.8, 4) is 5.69 Å². The first kappa shape index (κ1) is 15.3. The van der Waals surface area contributed by atoms with Gasteiger partial charge in [0.2, 0.25) is 0 Å². The van der Waals surface area contributed by atoms with Crippen LogP contribution in [0.3, 0.4) is 0 Å². The highest BCUT2D eigenvalue weighted by Gasteiger charge is 2.40. The Morgan fingerprint density at radius 1 is 1.26 bits per heavy atom. The Morgan fingerprint density at radius 3 is 2.70 bits per heavy atom. The summed E-state index contributed by atoms with van der Waals surface area (Å²) in [6.45, 7) is 4.22. The number of carbonyl (C=O) groups is 2. The Balaban J connectivity index is 1.74. The number of nitrogens with one attached hydrogen (secondary N) is 1. The summed E-state index contributed by atoms with van der Waals surface area (Å²) >= 11 is 0. The molecule has 0 unspecified atom stereocenters. The van der Waals surface area contributed by atoms with Crippen LogP contribution in [0, 0.1) is 5.92 Å². The third-order valence-corrected chi connectivity index (χ3v) is 4.27. The third-order valence-electron chi connectivity index (χ3n) is 4.27. The van der Waals surface area contributed by atoms with Gasteiger partial charge in [-0.3, -0.25) is 9.69 Å². The van der Waals surface area contributed by atoms with Gasteiger partial charge in [0.1, 0.15) is 6.04 Å². The van der Waals surface area contributed by atoms with E-state index >= 15 is 0 Å². The molecule has 1 N–H and O–H groups in total. The largest absolute Gasteiger partial charge is 0.326 e. The van der Waals surface area contributed by atoms with E-state index in [0.717, 1.165) is 17.7 Å². The first-order valence-corrected chi connectivity index (χ1v) is 7.81. The molecule has 0 bridgehead atoms. The maximum atomic E-state index is 12.4. The summed E-state index contributed by atoms with van der Waals surface area (Å²) in [6.07, 6.45) is 4.37. The molecule has 6 nitrogen and oxygen atoms in total. The summed E-state index contributed by atoms with van der Waals surface area (Å²) in [7, 11) is 0. The number of carbonyl (C=O) groups excluding carboxylic acids is 2. The Hall–Kier alpha value is -2.63. The molecular weight excluding hydrogens is 292 g/mol. The van der Waals surface area contributed by atoms with Crippen LogP contribution in [0.1, 0.15) is 25.8 Å². The average Bonchev–Trinajstić information content (AvgIpc) is 3.15. The van der Waals surface area contributed by atoms with Gasteiger partial charge in [-0.15, -0.1) is 0 Å². The minimum atomic E-state index is -0.420. The Kier molecular flexibility index (Phi) is 4.14. The zero-order valence-corrected chi connectivity index (χ0v) is 13.3. The Morgan fingerprint density at radius 2 is 2.00 bits per heavy atom. The van der Waals surface area contributed by atoms with Crippen molar-refractivity contribution in [2.45, 2.75) is 32.9 Å². The molecule has 0 saturated carbocycles. The molecule has 1 aliphatic heterocycles. The predicted molar refractivity (Wildman–Crippen MR) is 85.9 cm³/mol. The van der Waals surface area contributed by atoms with Gasteiger partial charge in [0.15, 0.2) is 0 Å². The van der Waals surface area contributed by atoms with Gasteiger partial charge in [0.25, 0.3) is 5.91 Å². The minimum Gasteiger partial charge on any atom is -0.326 e. The van der Waals surface area contributed by atoms with Crippen molar-refractivity contribution >= 4 is 11.9 Å². The molecule has 1 aliphatic rings. The van der Waals surface area contributed by atoms with E-state index in [1.165, 1.54) is 4.90 Å². The van der Waals surface area contributed by atoms with Crippen molar-refractivity contribution in [2.24, 2.45) is 5.92 Å². The van der Waals surface area contributed by atoms with Gasteiger partial charge in [0, 0.05) is 11.8 Å². The summed E-state index contributed by atoms with van der Waals surface area (Å²) in [4.78, 5) is 25.7. The van der Waals surface area contributed by atoms with Gasteiger partial charge in [-0.05, 0) is 18.1 Å². The number of hydrogen-bond acceptors (Lipinski definition) is 3. The molecular formula is C17H20N4O2. The quantitative estimate of drug-likeness (QED) is 0.862. The number of imide groups is 1. The fourth-order valence-corrected chi connectivity index (χ4v) is 2.66. The zero-order valence-electron chi connectivity index (χ0n) is 13.3. The molecule has 1 saturated heterocycles. The number of hydrogen-bond donors (Lipinski definition) is 1. The van der Waals surface area contributed by atoms with Crippen LogP contribution in [0.15, 0.2) is 42.7 Å². The summed E-state index contributed by atoms with van der Waals surface area (Å²) in [6, 6.07) is 8.96. The second-order valence-electron chi connectivity index (χ2n) is 5.87. The highest BCUT2D eigenvalue weighted by Crippen LogP contribution is 2.19. The minimum absolute atomic E-state index is 0.128. The van der Waals surface area contributed by atoms with Crippen molar-refractivity contribution in [2.75, 3.05) is 0 Å². The predicted octanol–water partition coefficient (Wildman–Crippen LogP) is 2.34. The maximum Gasteiger partial charge on any atom is 0.325 e. The van der Waals surface area contributed by atoms with Crippen molar-refractivity contribution in [3.05, 3.63) is 48.3 Å². The molecule has 3 rings (SSSR count). The Bertz CT molecular complexity index is 710. The summed E-state index contributed by atoms with van der Waals surface area (Å²) in [5.41, 5.74) is 1.76. The standard InChI is InChI=1S/C17H20N4O2/c1-3-12(2)15-16(22)20(17(23)19-15)10-13-9-18-21(11-13)14-7-5-4-6-8-14/h4-9,11-12,15H,3,10H2,1-2H3,(H,19,23)/t12-,15-/m0/s1. The van der Waals surface area contributed by atoms with Crippen LogP contribution in [0.2, 0.25) is 0 Å². The zero-order chi connectivity index (χ0) is 16.4. The lowest BCUT2D eigenvalue weighted by atomic mass is 9.99. The first-order valence-electron chi connectivity index (χ1n) is 7.81. The van der Waals surface area contributed by atoms with Crippen LogP contribution >= 0.6 is 0 Å². The van der Waals surface area contributed by atoms with Crippen molar-refractivity contribution in [3.63, 3.8) is 0 Å². The highest BCUT2D eigenvalue weighted by molar-refractivity contribution is 6.04. The molecule has 2 aromatic rings. The Labute approximate surface area is 135 Å². The molecule has 23 heavy (non-hydrogen) atoms. The number of rotatable bonds is 5. The molecule has 6 heteroatoms. The smallest absolute Gasteiger partial charge is 0.325 e. The van der Waals surface area contributed by atoms with E-state index in [1.54, 1.807) is 10.9 Å². The summed E-state index contributed by atoms with van der Waals surface area (Å²) < 4.78 is 1.74.